The van der Waals surface area contributed by atoms with Gasteiger partial charge in [0.15, 0.2) is 0 Å². The molecular weight excluding hydrogens is 302 g/mol. The van der Waals surface area contributed by atoms with Gasteiger partial charge in [-0.25, -0.2) is 0 Å². The van der Waals surface area contributed by atoms with Gasteiger partial charge in [-0.15, -0.1) is 0 Å². The summed E-state index contributed by atoms with van der Waals surface area (Å²) in [5.41, 5.74) is 2.97. The lowest BCUT2D eigenvalue weighted by Gasteiger charge is -2.24. The minimum Gasteiger partial charge on any atom is -0.380 e. The number of aryl methyl sites for hydroxylation is 2. The minimum atomic E-state index is 0.0514. The van der Waals surface area contributed by atoms with Gasteiger partial charge in [-0.05, 0) is 38.3 Å². The van der Waals surface area contributed by atoms with Crippen LogP contribution in [0.25, 0.3) is 0 Å². The molecule has 0 saturated carbocycles. The fraction of sp³-hybridized carbons (Fsp3) is 0.474. The van der Waals surface area contributed by atoms with Crippen LogP contribution in [-0.4, -0.2) is 23.7 Å². The molecule has 0 aliphatic heterocycles. The first-order valence-electron chi connectivity index (χ1n) is 8.47. The maximum Gasteiger partial charge on any atom is 0.220 e. The highest BCUT2D eigenvalue weighted by molar-refractivity contribution is 5.76. The number of anilines is 1. The smallest absolute Gasteiger partial charge is 0.220 e. The van der Waals surface area contributed by atoms with E-state index in [9.17, 15) is 4.79 Å². The molecule has 2 N–H and O–H groups in total. The molecule has 0 spiro atoms. The number of nitrogens with one attached hydrogen (secondary N) is 2. The van der Waals surface area contributed by atoms with Crippen molar-refractivity contribution in [1.29, 1.82) is 0 Å². The van der Waals surface area contributed by atoms with Crippen molar-refractivity contribution in [2.45, 2.75) is 46.6 Å². The lowest BCUT2D eigenvalue weighted by Crippen LogP contribution is -2.39. The molecular formula is C19H27N3O2. The lowest BCUT2D eigenvalue weighted by molar-refractivity contribution is -0.121. The molecule has 1 aromatic heterocycles. The van der Waals surface area contributed by atoms with Crippen molar-refractivity contribution in [1.82, 2.24) is 10.5 Å². The first kappa shape index (κ1) is 18.0. The van der Waals surface area contributed by atoms with Gasteiger partial charge in [-0.2, -0.15) is 0 Å². The summed E-state index contributed by atoms with van der Waals surface area (Å²) in [4.78, 5) is 12.2. The third kappa shape index (κ3) is 5.11. The summed E-state index contributed by atoms with van der Waals surface area (Å²) >= 11 is 0. The van der Waals surface area contributed by atoms with Gasteiger partial charge in [0, 0.05) is 30.3 Å². The summed E-state index contributed by atoms with van der Waals surface area (Å²) in [7, 11) is 0. The van der Waals surface area contributed by atoms with Crippen LogP contribution in [0.5, 0.6) is 0 Å². The lowest BCUT2D eigenvalue weighted by atomic mass is 10.0. The average Bonchev–Trinajstić information content (AvgIpc) is 2.88. The van der Waals surface area contributed by atoms with Gasteiger partial charge < -0.3 is 15.2 Å². The van der Waals surface area contributed by atoms with Crippen LogP contribution in [0.1, 0.15) is 37.3 Å². The zero-order valence-corrected chi connectivity index (χ0v) is 14.9. The summed E-state index contributed by atoms with van der Waals surface area (Å²) in [5.74, 6) is 1.26. The molecule has 24 heavy (non-hydrogen) atoms. The van der Waals surface area contributed by atoms with Gasteiger partial charge in [-0.1, -0.05) is 37.2 Å². The standard InChI is InChI=1S/C19H27N3O2/c1-13(2)18(21-16-8-6-5-7-9-16)12-20-19(23)11-10-17-14(3)22-24-15(17)4/h5-9,13,18,21H,10-12H2,1-4H3,(H,20,23). The normalized spacial score (nSPS) is 12.2. The molecule has 1 heterocycles. The Morgan fingerprint density at radius 3 is 2.50 bits per heavy atom. The van der Waals surface area contributed by atoms with E-state index < -0.39 is 0 Å². The monoisotopic (exact) mass is 329 g/mol. The second kappa shape index (κ2) is 8.52. The molecule has 2 rings (SSSR count). The molecule has 1 atom stereocenters. The molecule has 1 unspecified atom stereocenters. The number of carbonyl (C=O) groups is 1. The minimum absolute atomic E-state index is 0.0514. The van der Waals surface area contributed by atoms with Gasteiger partial charge in [0.2, 0.25) is 5.91 Å². The summed E-state index contributed by atoms with van der Waals surface area (Å²) in [6.07, 6.45) is 1.10. The SMILES string of the molecule is Cc1noc(C)c1CCC(=O)NCC(Nc1ccccc1)C(C)C. The van der Waals surface area contributed by atoms with Crippen LogP contribution >= 0.6 is 0 Å². The van der Waals surface area contributed by atoms with Gasteiger partial charge in [0.25, 0.3) is 0 Å². The van der Waals surface area contributed by atoms with E-state index in [4.69, 9.17) is 4.52 Å². The fourth-order valence-electron chi connectivity index (χ4n) is 2.61. The quantitative estimate of drug-likeness (QED) is 0.778. The Morgan fingerprint density at radius 1 is 1.21 bits per heavy atom. The molecule has 0 bridgehead atoms. The molecule has 2 aromatic rings. The van der Waals surface area contributed by atoms with Gasteiger partial charge in [-0.3, -0.25) is 4.79 Å². The Bertz CT molecular complexity index is 630. The van der Waals surface area contributed by atoms with Gasteiger partial charge >= 0.3 is 0 Å². The van der Waals surface area contributed by atoms with Crippen LogP contribution in [0, 0.1) is 19.8 Å². The second-order valence-electron chi connectivity index (χ2n) is 6.47. The molecule has 0 aliphatic rings. The number of benzene rings is 1. The number of carbonyl (C=O) groups excluding carboxylic acids is 1. The van der Waals surface area contributed by atoms with E-state index in [1.165, 1.54) is 0 Å². The summed E-state index contributed by atoms with van der Waals surface area (Å²) in [5, 5.41) is 10.4. The number of nitrogens with zero attached hydrogens (tertiary/aromatic N) is 1. The zero-order chi connectivity index (χ0) is 17.5. The van der Waals surface area contributed by atoms with E-state index in [-0.39, 0.29) is 11.9 Å². The Hall–Kier alpha value is -2.30. The highest BCUT2D eigenvalue weighted by Gasteiger charge is 2.15. The Labute approximate surface area is 143 Å². The van der Waals surface area contributed by atoms with Crippen molar-refractivity contribution in [2.24, 2.45) is 5.92 Å². The van der Waals surface area contributed by atoms with Crippen molar-refractivity contribution >= 4 is 11.6 Å². The first-order chi connectivity index (χ1) is 11.5. The van der Waals surface area contributed by atoms with E-state index in [0.717, 1.165) is 22.7 Å². The molecule has 1 amide bonds. The van der Waals surface area contributed by atoms with Crippen molar-refractivity contribution in [3.8, 4) is 0 Å². The van der Waals surface area contributed by atoms with E-state index in [1.807, 2.05) is 44.2 Å². The predicted molar refractivity (Wildman–Crippen MR) is 96.0 cm³/mol. The van der Waals surface area contributed by atoms with Crippen LogP contribution in [0.2, 0.25) is 0 Å². The molecule has 0 radical (unpaired) electrons. The Balaban J connectivity index is 1.82. The van der Waals surface area contributed by atoms with Crippen LogP contribution in [0.15, 0.2) is 34.9 Å². The second-order valence-corrected chi connectivity index (χ2v) is 6.47. The van der Waals surface area contributed by atoms with E-state index in [2.05, 4.69) is 29.6 Å². The molecule has 0 saturated heterocycles. The predicted octanol–water partition coefficient (Wildman–Crippen LogP) is 3.48. The molecule has 0 fully saturated rings. The third-order valence-electron chi connectivity index (χ3n) is 4.23. The molecule has 5 heteroatoms. The van der Waals surface area contributed by atoms with Crippen LogP contribution in [0.3, 0.4) is 0 Å². The number of hydrogen-bond acceptors (Lipinski definition) is 4. The highest BCUT2D eigenvalue weighted by Crippen LogP contribution is 2.15. The van der Waals surface area contributed by atoms with Crippen LogP contribution < -0.4 is 10.6 Å². The largest absolute Gasteiger partial charge is 0.380 e. The first-order valence-corrected chi connectivity index (χ1v) is 8.47. The Morgan fingerprint density at radius 2 is 1.92 bits per heavy atom. The number of amides is 1. The number of aromatic nitrogens is 1. The maximum atomic E-state index is 12.2. The van der Waals surface area contributed by atoms with Crippen molar-refractivity contribution in [3.05, 3.63) is 47.3 Å². The van der Waals surface area contributed by atoms with Crippen LogP contribution in [-0.2, 0) is 11.2 Å². The van der Waals surface area contributed by atoms with Crippen molar-refractivity contribution in [2.75, 3.05) is 11.9 Å². The highest BCUT2D eigenvalue weighted by atomic mass is 16.5. The van der Waals surface area contributed by atoms with Gasteiger partial charge in [0.1, 0.15) is 5.76 Å². The summed E-state index contributed by atoms with van der Waals surface area (Å²) in [6.45, 7) is 8.69. The topological polar surface area (TPSA) is 67.2 Å². The molecule has 130 valence electrons. The number of rotatable bonds is 8. The van der Waals surface area contributed by atoms with E-state index in [0.29, 0.717) is 25.3 Å². The van der Waals surface area contributed by atoms with E-state index in [1.54, 1.807) is 0 Å². The van der Waals surface area contributed by atoms with Crippen LogP contribution in [0.4, 0.5) is 5.69 Å². The summed E-state index contributed by atoms with van der Waals surface area (Å²) in [6, 6.07) is 10.3. The average molecular weight is 329 g/mol. The maximum absolute atomic E-state index is 12.2. The van der Waals surface area contributed by atoms with Crippen molar-refractivity contribution in [3.63, 3.8) is 0 Å². The summed E-state index contributed by atoms with van der Waals surface area (Å²) < 4.78 is 5.13. The number of hydrogen-bond donors (Lipinski definition) is 2. The fourth-order valence-corrected chi connectivity index (χ4v) is 2.61. The molecule has 0 aliphatic carbocycles. The zero-order valence-electron chi connectivity index (χ0n) is 14.9. The third-order valence-corrected chi connectivity index (χ3v) is 4.23. The number of para-hydroxylation sites is 1. The van der Waals surface area contributed by atoms with E-state index >= 15 is 0 Å². The molecule has 5 nitrogen and oxygen atoms in total. The molecule has 1 aromatic carbocycles. The van der Waals surface area contributed by atoms with Gasteiger partial charge in [0.05, 0.1) is 5.69 Å². The Kier molecular flexibility index (Phi) is 6.41. The van der Waals surface area contributed by atoms with Crippen molar-refractivity contribution < 1.29 is 9.32 Å².